The van der Waals surface area contributed by atoms with Crippen molar-refractivity contribution >= 4 is 11.8 Å². The Morgan fingerprint density at radius 1 is 1.06 bits per heavy atom. The number of hydrogen-bond acceptors (Lipinski definition) is 6. The summed E-state index contributed by atoms with van der Waals surface area (Å²) in [4.78, 5) is 25.6. The lowest BCUT2D eigenvalue weighted by Gasteiger charge is -2.18. The van der Waals surface area contributed by atoms with E-state index in [4.69, 9.17) is 14.0 Å². The smallest absolute Gasteiger partial charge is 0.274 e. The Bertz CT molecular complexity index is 1080. The number of aromatic nitrogens is 1. The van der Waals surface area contributed by atoms with Crippen molar-refractivity contribution in [3.63, 3.8) is 0 Å². The number of rotatable bonds is 8. The number of amides is 2. The van der Waals surface area contributed by atoms with Crippen LogP contribution in [-0.2, 0) is 4.79 Å². The summed E-state index contributed by atoms with van der Waals surface area (Å²) < 4.78 is 16.0. The van der Waals surface area contributed by atoms with Crippen molar-refractivity contribution in [2.75, 3.05) is 14.2 Å². The maximum atomic E-state index is 12.9. The summed E-state index contributed by atoms with van der Waals surface area (Å²) in [5, 5.41) is 9.60. The number of nitrogens with zero attached hydrogens (tertiary/aromatic N) is 1. The van der Waals surface area contributed by atoms with Crippen LogP contribution in [0.2, 0.25) is 0 Å². The van der Waals surface area contributed by atoms with Crippen LogP contribution >= 0.6 is 0 Å². The minimum absolute atomic E-state index is 0.0556. The highest BCUT2D eigenvalue weighted by Crippen LogP contribution is 2.33. The molecule has 2 aromatic carbocycles. The molecule has 8 heteroatoms. The van der Waals surface area contributed by atoms with E-state index in [1.54, 1.807) is 37.4 Å². The molecule has 0 radical (unpaired) electrons. The molecule has 0 bridgehead atoms. The van der Waals surface area contributed by atoms with Gasteiger partial charge in [0, 0.05) is 12.1 Å². The van der Waals surface area contributed by atoms with E-state index in [-0.39, 0.29) is 17.6 Å². The van der Waals surface area contributed by atoms with E-state index in [0.717, 1.165) is 12.8 Å². The van der Waals surface area contributed by atoms with Crippen LogP contribution in [0, 0.1) is 0 Å². The Hall–Kier alpha value is -3.81. The van der Waals surface area contributed by atoms with Crippen LogP contribution in [0.15, 0.2) is 59.1 Å². The number of nitrogens with one attached hydrogen (secondary N) is 2. The van der Waals surface area contributed by atoms with Gasteiger partial charge in [0.05, 0.1) is 19.8 Å². The third-order valence-electron chi connectivity index (χ3n) is 5.01. The molecule has 1 aliphatic rings. The third-order valence-corrected chi connectivity index (χ3v) is 5.01. The Morgan fingerprint density at radius 3 is 2.52 bits per heavy atom. The summed E-state index contributed by atoms with van der Waals surface area (Å²) in [5.74, 6) is 0.741. The standard InChI is InChI=1S/C23H23N3O5/c1-29-16-10-11-19(30-2)17(12-16)20-13-18(26-31-20)22(27)25-21(14-6-4-3-5-7-14)23(28)24-15-8-9-15/h3-7,10-13,15,21H,8-9H2,1-2H3,(H,24,28)(H,25,27)/t21-/m1/s1. The van der Waals surface area contributed by atoms with E-state index in [0.29, 0.717) is 28.4 Å². The van der Waals surface area contributed by atoms with E-state index in [1.165, 1.54) is 13.2 Å². The predicted octanol–water partition coefficient (Wildman–Crippen LogP) is 3.11. The minimum atomic E-state index is -0.833. The van der Waals surface area contributed by atoms with Crippen LogP contribution < -0.4 is 20.1 Å². The Balaban J connectivity index is 1.56. The van der Waals surface area contributed by atoms with Crippen molar-refractivity contribution in [1.82, 2.24) is 15.8 Å². The molecule has 8 nitrogen and oxygen atoms in total. The fourth-order valence-electron chi connectivity index (χ4n) is 3.18. The first-order valence-corrected chi connectivity index (χ1v) is 9.94. The van der Waals surface area contributed by atoms with Crippen molar-refractivity contribution in [1.29, 1.82) is 0 Å². The Labute approximate surface area is 179 Å². The van der Waals surface area contributed by atoms with Crippen LogP contribution in [-0.4, -0.2) is 37.2 Å². The van der Waals surface area contributed by atoms with Gasteiger partial charge in [-0.1, -0.05) is 35.5 Å². The fraction of sp³-hybridized carbons (Fsp3) is 0.261. The molecule has 160 valence electrons. The van der Waals surface area contributed by atoms with Crippen LogP contribution in [0.1, 0.15) is 34.9 Å². The van der Waals surface area contributed by atoms with Crippen LogP contribution in [0.3, 0.4) is 0 Å². The van der Waals surface area contributed by atoms with Gasteiger partial charge in [0.15, 0.2) is 11.5 Å². The molecule has 1 aromatic heterocycles. The summed E-state index contributed by atoms with van der Waals surface area (Å²) in [6.07, 6.45) is 1.91. The minimum Gasteiger partial charge on any atom is -0.497 e. The summed E-state index contributed by atoms with van der Waals surface area (Å²) >= 11 is 0. The molecule has 2 N–H and O–H groups in total. The zero-order valence-corrected chi connectivity index (χ0v) is 17.3. The molecule has 1 heterocycles. The zero-order chi connectivity index (χ0) is 21.8. The van der Waals surface area contributed by atoms with E-state index < -0.39 is 11.9 Å². The fourth-order valence-corrected chi connectivity index (χ4v) is 3.18. The number of ether oxygens (including phenoxy) is 2. The van der Waals surface area contributed by atoms with Crippen molar-refractivity contribution in [3.8, 4) is 22.8 Å². The second-order valence-electron chi connectivity index (χ2n) is 7.24. The quantitative estimate of drug-likeness (QED) is 0.579. The first kappa shape index (κ1) is 20.5. The van der Waals surface area contributed by atoms with Crippen LogP contribution in [0.25, 0.3) is 11.3 Å². The molecule has 31 heavy (non-hydrogen) atoms. The largest absolute Gasteiger partial charge is 0.497 e. The Kier molecular flexibility index (Phi) is 5.88. The highest BCUT2D eigenvalue weighted by molar-refractivity contribution is 5.97. The molecule has 0 saturated heterocycles. The zero-order valence-electron chi connectivity index (χ0n) is 17.3. The van der Waals surface area contributed by atoms with Crippen molar-refractivity contribution in [2.45, 2.75) is 24.9 Å². The van der Waals surface area contributed by atoms with Crippen LogP contribution in [0.5, 0.6) is 11.5 Å². The SMILES string of the molecule is COc1ccc(OC)c(-c2cc(C(=O)N[C@@H](C(=O)NC3CC3)c3ccccc3)no2)c1. The molecule has 1 atom stereocenters. The number of methoxy groups -OCH3 is 2. The van der Waals surface area contributed by atoms with Gasteiger partial charge in [-0.3, -0.25) is 9.59 Å². The van der Waals surface area contributed by atoms with Crippen molar-refractivity contribution < 1.29 is 23.6 Å². The molecule has 0 spiro atoms. The van der Waals surface area contributed by atoms with E-state index in [1.807, 2.05) is 18.2 Å². The Morgan fingerprint density at radius 2 is 1.84 bits per heavy atom. The molecule has 1 aliphatic carbocycles. The molecule has 0 aliphatic heterocycles. The van der Waals surface area contributed by atoms with Gasteiger partial charge < -0.3 is 24.6 Å². The molecule has 4 rings (SSSR count). The first-order valence-electron chi connectivity index (χ1n) is 9.94. The van der Waals surface area contributed by atoms with Gasteiger partial charge in [0.2, 0.25) is 5.91 Å². The second-order valence-corrected chi connectivity index (χ2v) is 7.24. The molecule has 1 saturated carbocycles. The molecule has 0 unspecified atom stereocenters. The normalized spacial score (nSPS) is 13.9. The number of carbonyl (C=O) groups excluding carboxylic acids is 2. The van der Waals surface area contributed by atoms with Gasteiger partial charge in [-0.15, -0.1) is 0 Å². The van der Waals surface area contributed by atoms with Gasteiger partial charge in [-0.25, -0.2) is 0 Å². The molecular formula is C23H23N3O5. The molecule has 3 aromatic rings. The average Bonchev–Trinajstić information content (AvgIpc) is 3.48. The predicted molar refractivity (Wildman–Crippen MR) is 113 cm³/mol. The maximum absolute atomic E-state index is 12.9. The van der Waals surface area contributed by atoms with E-state index >= 15 is 0 Å². The monoisotopic (exact) mass is 421 g/mol. The van der Waals surface area contributed by atoms with Crippen molar-refractivity contribution in [2.24, 2.45) is 0 Å². The van der Waals surface area contributed by atoms with Gasteiger partial charge in [0.1, 0.15) is 17.5 Å². The summed E-state index contributed by atoms with van der Waals surface area (Å²) in [5.41, 5.74) is 1.34. The van der Waals surface area contributed by atoms with Gasteiger partial charge in [-0.2, -0.15) is 0 Å². The molecule has 2 amide bonds. The third kappa shape index (κ3) is 4.69. The van der Waals surface area contributed by atoms with Gasteiger partial charge in [-0.05, 0) is 36.6 Å². The van der Waals surface area contributed by atoms with Gasteiger partial charge >= 0.3 is 0 Å². The van der Waals surface area contributed by atoms with Crippen molar-refractivity contribution in [3.05, 3.63) is 65.9 Å². The van der Waals surface area contributed by atoms with Crippen LogP contribution in [0.4, 0.5) is 0 Å². The first-order chi connectivity index (χ1) is 15.1. The highest BCUT2D eigenvalue weighted by Gasteiger charge is 2.30. The number of benzene rings is 2. The summed E-state index contributed by atoms with van der Waals surface area (Å²) in [7, 11) is 3.10. The molecular weight excluding hydrogens is 398 g/mol. The van der Waals surface area contributed by atoms with Gasteiger partial charge in [0.25, 0.3) is 5.91 Å². The number of hydrogen-bond donors (Lipinski definition) is 2. The average molecular weight is 421 g/mol. The summed E-state index contributed by atoms with van der Waals surface area (Å²) in [6.45, 7) is 0. The topological polar surface area (TPSA) is 103 Å². The summed E-state index contributed by atoms with van der Waals surface area (Å²) in [6, 6.07) is 15.2. The van der Waals surface area contributed by atoms with E-state index in [2.05, 4.69) is 15.8 Å². The highest BCUT2D eigenvalue weighted by atomic mass is 16.5. The van der Waals surface area contributed by atoms with E-state index in [9.17, 15) is 9.59 Å². The number of carbonyl (C=O) groups is 2. The second kappa shape index (κ2) is 8.91. The maximum Gasteiger partial charge on any atom is 0.274 e. The lowest BCUT2D eigenvalue weighted by Crippen LogP contribution is -2.41. The lowest BCUT2D eigenvalue weighted by atomic mass is 10.1. The molecule has 1 fully saturated rings. The lowest BCUT2D eigenvalue weighted by molar-refractivity contribution is -0.123.